The number of hydrogen-bond donors (Lipinski definition) is 1. The molecule has 5 nitrogen and oxygen atoms in total. The second-order valence-corrected chi connectivity index (χ2v) is 7.93. The second-order valence-electron chi connectivity index (χ2n) is 6.21. The van der Waals surface area contributed by atoms with Crippen molar-refractivity contribution in [1.29, 1.82) is 0 Å². The van der Waals surface area contributed by atoms with Crippen molar-refractivity contribution in [1.82, 2.24) is 9.97 Å². The van der Waals surface area contributed by atoms with Crippen LogP contribution in [0, 0.1) is 0 Å². The lowest BCUT2D eigenvalue weighted by molar-refractivity contribution is 0.174. The summed E-state index contributed by atoms with van der Waals surface area (Å²) in [4.78, 5) is 10.1. The second kappa shape index (κ2) is 6.80. The Morgan fingerprint density at radius 1 is 1.04 bits per heavy atom. The third-order valence-corrected chi connectivity index (χ3v) is 5.92. The molecule has 4 aromatic rings. The summed E-state index contributed by atoms with van der Waals surface area (Å²) in [6.07, 6.45) is 1.60. The van der Waals surface area contributed by atoms with Gasteiger partial charge >= 0.3 is 0 Å². The molecule has 7 heteroatoms. The summed E-state index contributed by atoms with van der Waals surface area (Å²) < 4.78 is 11.9. The van der Waals surface area contributed by atoms with Gasteiger partial charge in [-0.25, -0.2) is 9.97 Å². The maximum atomic E-state index is 5.45. The summed E-state index contributed by atoms with van der Waals surface area (Å²) >= 11 is 1.70. The Morgan fingerprint density at radius 3 is 2.89 bits per heavy atom. The standard InChI is InChI=1S/C20H16N3O2PS/c26-14-3-1-2-13(7-14)18-8-15-19(27-18)20(23-10-22-15)21-9-12-4-5-16-17(6-12)25-11-24-16/h1-8,10H,9,11,26H2,(H,21,22,23). The number of fused-ring (bicyclic) bond motifs is 2. The average molecular weight is 393 g/mol. The molecular formula is C20H16N3O2PS. The number of benzene rings is 2. The fourth-order valence-electron chi connectivity index (χ4n) is 3.05. The van der Waals surface area contributed by atoms with Crippen molar-refractivity contribution in [2.45, 2.75) is 6.54 Å². The van der Waals surface area contributed by atoms with Gasteiger partial charge in [-0.3, -0.25) is 0 Å². The Balaban J connectivity index is 1.43. The quantitative estimate of drug-likeness (QED) is 0.527. The van der Waals surface area contributed by atoms with Crippen LogP contribution < -0.4 is 20.1 Å². The zero-order valence-electron chi connectivity index (χ0n) is 14.3. The third-order valence-electron chi connectivity index (χ3n) is 4.38. The van der Waals surface area contributed by atoms with E-state index in [9.17, 15) is 0 Å². The van der Waals surface area contributed by atoms with Crippen molar-refractivity contribution in [3.05, 3.63) is 60.4 Å². The predicted molar refractivity (Wildman–Crippen MR) is 112 cm³/mol. The number of ether oxygens (including phenoxy) is 2. The zero-order valence-corrected chi connectivity index (χ0v) is 16.3. The van der Waals surface area contributed by atoms with Gasteiger partial charge in [0.1, 0.15) is 12.1 Å². The van der Waals surface area contributed by atoms with Crippen molar-refractivity contribution in [3.8, 4) is 21.9 Å². The number of thiophene rings is 1. The van der Waals surface area contributed by atoms with Crippen LogP contribution in [0.2, 0.25) is 0 Å². The summed E-state index contributed by atoms with van der Waals surface area (Å²) in [7, 11) is 2.74. The molecule has 27 heavy (non-hydrogen) atoms. The van der Waals surface area contributed by atoms with Crippen LogP contribution in [0.5, 0.6) is 11.5 Å². The summed E-state index contributed by atoms with van der Waals surface area (Å²) in [5.74, 6) is 2.43. The predicted octanol–water partition coefficient (Wildman–Crippen LogP) is 4.20. The third kappa shape index (κ3) is 3.22. The molecule has 1 N–H and O–H groups in total. The molecule has 1 unspecified atom stereocenters. The normalized spacial score (nSPS) is 12.5. The Labute approximate surface area is 162 Å². The van der Waals surface area contributed by atoms with Crippen LogP contribution in [0.25, 0.3) is 20.7 Å². The van der Waals surface area contributed by atoms with E-state index in [1.165, 1.54) is 10.4 Å². The lowest BCUT2D eigenvalue weighted by Gasteiger charge is -2.07. The largest absolute Gasteiger partial charge is 0.454 e. The first kappa shape index (κ1) is 16.5. The van der Waals surface area contributed by atoms with Gasteiger partial charge in [-0.1, -0.05) is 24.3 Å². The summed E-state index contributed by atoms with van der Waals surface area (Å²) in [6, 6.07) is 16.5. The van der Waals surface area contributed by atoms with Gasteiger partial charge in [-0.05, 0) is 40.7 Å². The molecule has 5 rings (SSSR count). The number of rotatable bonds is 4. The molecule has 0 amide bonds. The highest BCUT2D eigenvalue weighted by Crippen LogP contribution is 2.36. The van der Waals surface area contributed by atoms with E-state index in [-0.39, 0.29) is 6.79 Å². The minimum Gasteiger partial charge on any atom is -0.454 e. The molecule has 1 aliphatic heterocycles. The molecule has 0 bridgehead atoms. The Morgan fingerprint density at radius 2 is 1.96 bits per heavy atom. The molecule has 0 radical (unpaired) electrons. The molecule has 1 aliphatic rings. The molecule has 0 aliphatic carbocycles. The fourth-order valence-corrected chi connectivity index (χ4v) is 4.41. The van der Waals surface area contributed by atoms with Crippen molar-refractivity contribution in [3.63, 3.8) is 0 Å². The van der Waals surface area contributed by atoms with Crippen LogP contribution in [0.1, 0.15) is 5.56 Å². The maximum Gasteiger partial charge on any atom is 0.231 e. The van der Waals surface area contributed by atoms with E-state index in [0.717, 1.165) is 38.4 Å². The van der Waals surface area contributed by atoms with Crippen molar-refractivity contribution >= 4 is 41.9 Å². The average Bonchev–Trinajstić information content (AvgIpc) is 3.32. The summed E-state index contributed by atoms with van der Waals surface area (Å²) in [5.41, 5.74) is 3.25. The fraction of sp³-hybridized carbons (Fsp3) is 0.100. The number of aromatic nitrogens is 2. The SMILES string of the molecule is Pc1cccc(-c2cc3ncnc(NCc4ccc5c(c4)OCO5)c3s2)c1. The molecule has 1 atom stereocenters. The molecule has 0 spiro atoms. The van der Waals surface area contributed by atoms with E-state index in [0.29, 0.717) is 6.54 Å². The maximum absolute atomic E-state index is 5.45. The monoisotopic (exact) mass is 393 g/mol. The Hall–Kier alpha value is -2.69. The summed E-state index contributed by atoms with van der Waals surface area (Å²) in [6.45, 7) is 0.936. The van der Waals surface area contributed by atoms with Gasteiger partial charge in [0, 0.05) is 11.4 Å². The van der Waals surface area contributed by atoms with Gasteiger partial charge in [0.2, 0.25) is 6.79 Å². The minimum atomic E-state index is 0.286. The molecule has 0 fully saturated rings. The number of hydrogen-bond acceptors (Lipinski definition) is 6. The highest BCUT2D eigenvalue weighted by Gasteiger charge is 2.14. The van der Waals surface area contributed by atoms with Gasteiger partial charge in [0.05, 0.1) is 10.2 Å². The molecule has 2 aromatic heterocycles. The smallest absolute Gasteiger partial charge is 0.231 e. The highest BCUT2D eigenvalue weighted by atomic mass is 32.1. The van der Waals surface area contributed by atoms with E-state index in [4.69, 9.17) is 9.47 Å². The Bertz CT molecular complexity index is 1150. The molecule has 0 saturated heterocycles. The van der Waals surface area contributed by atoms with Crippen LogP contribution in [0.4, 0.5) is 5.82 Å². The number of nitrogens with zero attached hydrogens (tertiary/aromatic N) is 2. The molecular weight excluding hydrogens is 377 g/mol. The Kier molecular flexibility index (Phi) is 4.15. The van der Waals surface area contributed by atoms with Crippen LogP contribution in [0.15, 0.2) is 54.9 Å². The molecule has 134 valence electrons. The van der Waals surface area contributed by atoms with E-state index in [1.807, 2.05) is 18.2 Å². The molecule has 2 aromatic carbocycles. The number of nitrogens with one attached hydrogen (secondary N) is 1. The zero-order chi connectivity index (χ0) is 18.2. The van der Waals surface area contributed by atoms with Gasteiger partial charge < -0.3 is 14.8 Å². The van der Waals surface area contributed by atoms with Crippen LogP contribution in [-0.2, 0) is 6.54 Å². The van der Waals surface area contributed by atoms with E-state index < -0.39 is 0 Å². The first-order valence-electron chi connectivity index (χ1n) is 8.49. The van der Waals surface area contributed by atoms with Crippen molar-refractivity contribution in [2.75, 3.05) is 12.1 Å². The van der Waals surface area contributed by atoms with Crippen LogP contribution in [0.3, 0.4) is 0 Å². The lowest BCUT2D eigenvalue weighted by Crippen LogP contribution is -2.01. The van der Waals surface area contributed by atoms with E-state index in [2.05, 4.69) is 54.9 Å². The first-order valence-corrected chi connectivity index (χ1v) is 9.88. The van der Waals surface area contributed by atoms with Crippen LogP contribution in [-0.4, -0.2) is 16.8 Å². The lowest BCUT2D eigenvalue weighted by atomic mass is 10.2. The first-order chi connectivity index (χ1) is 13.3. The van der Waals surface area contributed by atoms with Gasteiger partial charge in [-0.2, -0.15) is 0 Å². The highest BCUT2D eigenvalue weighted by molar-refractivity contribution is 7.27. The molecule has 3 heterocycles. The minimum absolute atomic E-state index is 0.286. The summed E-state index contributed by atoms with van der Waals surface area (Å²) in [5, 5.41) is 4.59. The van der Waals surface area contributed by atoms with Crippen molar-refractivity contribution in [2.24, 2.45) is 0 Å². The van der Waals surface area contributed by atoms with E-state index in [1.54, 1.807) is 17.7 Å². The van der Waals surface area contributed by atoms with Gasteiger partial charge in [0.15, 0.2) is 11.5 Å². The number of anilines is 1. The van der Waals surface area contributed by atoms with E-state index >= 15 is 0 Å². The van der Waals surface area contributed by atoms with Crippen LogP contribution >= 0.6 is 20.6 Å². The van der Waals surface area contributed by atoms with Crippen molar-refractivity contribution < 1.29 is 9.47 Å². The van der Waals surface area contributed by atoms with Gasteiger partial charge in [-0.15, -0.1) is 20.6 Å². The topological polar surface area (TPSA) is 56.3 Å². The van der Waals surface area contributed by atoms with Gasteiger partial charge in [0.25, 0.3) is 0 Å². The molecule has 0 saturated carbocycles.